The number of methoxy groups -OCH3 is 1. The Labute approximate surface area is 178 Å². The minimum Gasteiger partial charge on any atom is -0.467 e. The van der Waals surface area contributed by atoms with Crippen LogP contribution in [-0.2, 0) is 22.5 Å². The van der Waals surface area contributed by atoms with Crippen molar-refractivity contribution in [2.45, 2.75) is 19.0 Å². The summed E-state index contributed by atoms with van der Waals surface area (Å²) >= 11 is 0. The fourth-order valence-corrected chi connectivity index (χ4v) is 3.57. The summed E-state index contributed by atoms with van der Waals surface area (Å²) in [7, 11) is 1.28. The number of aromatic nitrogens is 1. The first-order valence-electron chi connectivity index (χ1n) is 9.79. The number of carbonyl (C=O) groups excluding carboxylic acids is 2. The molecule has 31 heavy (non-hydrogen) atoms. The second-order valence-corrected chi connectivity index (χ2v) is 7.15. The number of rotatable bonds is 7. The Balaban J connectivity index is 1.63. The molecule has 0 spiro atoms. The number of esters is 1. The Morgan fingerprint density at radius 1 is 1.06 bits per heavy atom. The topological polar surface area (TPSA) is 73.5 Å². The van der Waals surface area contributed by atoms with Crippen LogP contribution in [0.3, 0.4) is 0 Å². The average molecular weight is 420 g/mol. The SMILES string of the molecule is COC(=O)C(Cc1ccccc1)NC(=O)c1cc2occc2n1Cc1cccc(F)c1. The zero-order chi connectivity index (χ0) is 21.8. The fraction of sp³-hybridized carbons (Fsp3) is 0.167. The molecule has 0 radical (unpaired) electrons. The van der Waals surface area contributed by atoms with Crippen molar-refractivity contribution in [1.29, 1.82) is 0 Å². The van der Waals surface area contributed by atoms with Crippen molar-refractivity contribution >= 4 is 23.0 Å². The normalized spacial score (nSPS) is 11.9. The van der Waals surface area contributed by atoms with Gasteiger partial charge in [-0.05, 0) is 23.3 Å². The number of carbonyl (C=O) groups is 2. The summed E-state index contributed by atoms with van der Waals surface area (Å²) in [4.78, 5) is 25.5. The van der Waals surface area contributed by atoms with Crippen LogP contribution in [0.2, 0.25) is 0 Å². The maximum atomic E-state index is 13.7. The second-order valence-electron chi connectivity index (χ2n) is 7.15. The number of ether oxygens (including phenoxy) is 1. The average Bonchev–Trinajstić information content (AvgIpc) is 3.36. The predicted molar refractivity (Wildman–Crippen MR) is 113 cm³/mol. The van der Waals surface area contributed by atoms with Gasteiger partial charge in [0.05, 0.1) is 18.9 Å². The minimum atomic E-state index is -0.858. The third-order valence-corrected chi connectivity index (χ3v) is 5.06. The first-order chi connectivity index (χ1) is 15.0. The fourth-order valence-electron chi connectivity index (χ4n) is 3.57. The van der Waals surface area contributed by atoms with E-state index in [0.717, 1.165) is 5.56 Å². The van der Waals surface area contributed by atoms with Crippen LogP contribution in [-0.4, -0.2) is 29.6 Å². The van der Waals surface area contributed by atoms with Gasteiger partial charge in [-0.3, -0.25) is 4.79 Å². The Kier molecular flexibility index (Phi) is 5.84. The number of nitrogens with zero attached hydrogens (tertiary/aromatic N) is 1. The molecule has 1 atom stereocenters. The molecule has 2 aromatic carbocycles. The molecular weight excluding hydrogens is 399 g/mol. The highest BCUT2D eigenvalue weighted by Crippen LogP contribution is 2.23. The van der Waals surface area contributed by atoms with Gasteiger partial charge in [-0.15, -0.1) is 0 Å². The van der Waals surface area contributed by atoms with E-state index in [1.54, 1.807) is 28.8 Å². The van der Waals surface area contributed by atoms with Crippen LogP contribution in [0.4, 0.5) is 4.39 Å². The lowest BCUT2D eigenvalue weighted by atomic mass is 10.1. The van der Waals surface area contributed by atoms with Gasteiger partial charge < -0.3 is 19.0 Å². The minimum absolute atomic E-state index is 0.269. The maximum Gasteiger partial charge on any atom is 0.328 e. The van der Waals surface area contributed by atoms with E-state index in [9.17, 15) is 14.0 Å². The number of benzene rings is 2. The molecule has 0 aliphatic carbocycles. The van der Waals surface area contributed by atoms with Crippen molar-refractivity contribution in [3.05, 3.63) is 95.6 Å². The monoisotopic (exact) mass is 420 g/mol. The molecule has 0 bridgehead atoms. The summed E-state index contributed by atoms with van der Waals surface area (Å²) in [6.07, 6.45) is 1.82. The summed E-state index contributed by atoms with van der Waals surface area (Å²) in [5.41, 5.74) is 3.12. The highest BCUT2D eigenvalue weighted by atomic mass is 19.1. The van der Waals surface area contributed by atoms with Gasteiger partial charge in [0.2, 0.25) is 0 Å². The van der Waals surface area contributed by atoms with Gasteiger partial charge in [0.25, 0.3) is 5.91 Å². The third kappa shape index (κ3) is 4.50. The van der Waals surface area contributed by atoms with Crippen LogP contribution in [0, 0.1) is 5.82 Å². The number of hydrogen-bond donors (Lipinski definition) is 1. The second kappa shape index (κ2) is 8.87. The van der Waals surface area contributed by atoms with E-state index < -0.39 is 17.9 Å². The molecule has 1 N–H and O–H groups in total. The predicted octanol–water partition coefficient (Wildman–Crippen LogP) is 3.94. The Morgan fingerprint density at radius 2 is 1.84 bits per heavy atom. The first-order valence-corrected chi connectivity index (χ1v) is 9.79. The van der Waals surface area contributed by atoms with Crippen molar-refractivity contribution < 1.29 is 23.1 Å². The first kappa shape index (κ1) is 20.4. The molecular formula is C24H21FN2O4. The van der Waals surface area contributed by atoms with Gasteiger partial charge in [-0.2, -0.15) is 0 Å². The molecule has 1 unspecified atom stereocenters. The lowest BCUT2D eigenvalue weighted by molar-refractivity contribution is -0.142. The number of fused-ring (bicyclic) bond motifs is 1. The quantitative estimate of drug-likeness (QED) is 0.460. The number of hydrogen-bond acceptors (Lipinski definition) is 4. The van der Waals surface area contributed by atoms with Gasteiger partial charge in [-0.1, -0.05) is 42.5 Å². The number of amides is 1. The molecule has 0 fully saturated rings. The van der Waals surface area contributed by atoms with Crippen molar-refractivity contribution in [2.75, 3.05) is 7.11 Å². The molecule has 0 aliphatic heterocycles. The van der Waals surface area contributed by atoms with Crippen LogP contribution in [0.25, 0.3) is 11.1 Å². The molecule has 6 nitrogen and oxygen atoms in total. The molecule has 1 amide bonds. The van der Waals surface area contributed by atoms with E-state index in [1.165, 1.54) is 25.5 Å². The molecule has 2 aromatic heterocycles. The standard InChI is InChI=1S/C24H21FN2O4/c1-30-24(29)19(13-16-6-3-2-4-7-16)26-23(28)21-14-22-20(10-11-31-22)27(21)15-17-8-5-9-18(25)12-17/h2-12,14,19H,13,15H2,1H3,(H,26,28). The van der Waals surface area contributed by atoms with Gasteiger partial charge in [0.1, 0.15) is 17.6 Å². The summed E-state index contributed by atoms with van der Waals surface area (Å²) < 4.78 is 25.7. The van der Waals surface area contributed by atoms with Crippen molar-refractivity contribution in [1.82, 2.24) is 9.88 Å². The summed E-state index contributed by atoms with van der Waals surface area (Å²) in [5, 5.41) is 2.77. The third-order valence-electron chi connectivity index (χ3n) is 5.06. The van der Waals surface area contributed by atoms with Crippen molar-refractivity contribution in [3.63, 3.8) is 0 Å². The smallest absolute Gasteiger partial charge is 0.328 e. The highest BCUT2D eigenvalue weighted by molar-refractivity contribution is 5.99. The van der Waals surface area contributed by atoms with Crippen LogP contribution >= 0.6 is 0 Å². The molecule has 158 valence electrons. The van der Waals surface area contributed by atoms with Gasteiger partial charge in [0.15, 0.2) is 5.58 Å². The van der Waals surface area contributed by atoms with E-state index in [-0.39, 0.29) is 12.4 Å². The summed E-state index contributed by atoms with van der Waals surface area (Å²) in [5.74, 6) is -1.34. The van der Waals surface area contributed by atoms with Crippen LogP contribution in [0.15, 0.2) is 77.4 Å². The Morgan fingerprint density at radius 3 is 2.58 bits per heavy atom. The molecule has 0 saturated carbocycles. The van der Waals surface area contributed by atoms with E-state index in [1.807, 2.05) is 30.3 Å². The molecule has 0 saturated heterocycles. The van der Waals surface area contributed by atoms with Gasteiger partial charge >= 0.3 is 5.97 Å². The van der Waals surface area contributed by atoms with E-state index in [2.05, 4.69) is 5.32 Å². The Hall–Kier alpha value is -3.87. The lowest BCUT2D eigenvalue weighted by Gasteiger charge is -2.18. The van der Waals surface area contributed by atoms with Crippen LogP contribution in [0.1, 0.15) is 21.6 Å². The molecule has 0 aliphatic rings. The maximum absolute atomic E-state index is 13.7. The van der Waals surface area contributed by atoms with Crippen molar-refractivity contribution in [2.24, 2.45) is 0 Å². The van der Waals surface area contributed by atoms with Crippen LogP contribution < -0.4 is 5.32 Å². The largest absolute Gasteiger partial charge is 0.467 e. The van der Waals surface area contributed by atoms with Crippen molar-refractivity contribution in [3.8, 4) is 0 Å². The number of furan rings is 1. The number of halogens is 1. The zero-order valence-electron chi connectivity index (χ0n) is 16.9. The molecule has 2 heterocycles. The van der Waals surface area contributed by atoms with E-state index in [4.69, 9.17) is 9.15 Å². The van der Waals surface area contributed by atoms with Gasteiger partial charge in [-0.25, -0.2) is 9.18 Å². The lowest BCUT2D eigenvalue weighted by Crippen LogP contribution is -2.43. The van der Waals surface area contributed by atoms with Crippen LogP contribution in [0.5, 0.6) is 0 Å². The molecule has 4 aromatic rings. The molecule has 7 heteroatoms. The van der Waals surface area contributed by atoms with E-state index in [0.29, 0.717) is 28.8 Å². The van der Waals surface area contributed by atoms with Gasteiger partial charge in [0, 0.05) is 25.1 Å². The Bertz CT molecular complexity index is 1210. The number of nitrogens with one attached hydrogen (secondary N) is 1. The zero-order valence-corrected chi connectivity index (χ0v) is 16.9. The summed E-state index contributed by atoms with van der Waals surface area (Å²) in [6, 6.07) is 18.0. The molecule has 4 rings (SSSR count). The van der Waals surface area contributed by atoms with E-state index >= 15 is 0 Å². The summed E-state index contributed by atoms with van der Waals surface area (Å²) in [6.45, 7) is 0.269. The highest BCUT2D eigenvalue weighted by Gasteiger charge is 2.25.